The molecule has 6 heteroatoms. The van der Waals surface area contributed by atoms with E-state index in [1.54, 1.807) is 6.07 Å². The van der Waals surface area contributed by atoms with E-state index in [9.17, 15) is 14.0 Å². The molecule has 148 valence electrons. The summed E-state index contributed by atoms with van der Waals surface area (Å²) in [6.45, 7) is 11.2. The number of nitrogens with zero attached hydrogens (tertiary/aromatic N) is 2. The summed E-state index contributed by atoms with van der Waals surface area (Å²) < 4.78 is 13.6. The third-order valence-electron chi connectivity index (χ3n) is 4.68. The molecule has 1 saturated heterocycles. The largest absolute Gasteiger partial charge is 0.343 e. The average Bonchev–Trinajstić information content (AvgIpc) is 3.07. The zero-order valence-electron chi connectivity index (χ0n) is 16.6. The van der Waals surface area contributed by atoms with Crippen LogP contribution in [0.15, 0.2) is 36.4 Å². The monoisotopic (exact) mass is 384 g/mol. The molecule has 2 aromatic carbocycles. The molecule has 1 N–H and O–H groups in total. The number of likely N-dealkylation sites (tertiary alicyclic amines) is 1. The Morgan fingerprint density at radius 1 is 1.29 bits per heavy atom. The fourth-order valence-corrected chi connectivity index (χ4v) is 3.41. The molecule has 2 amide bonds. The Kier molecular flexibility index (Phi) is 7.51. The molecule has 0 saturated carbocycles. The van der Waals surface area contributed by atoms with E-state index in [1.165, 1.54) is 4.90 Å². The molecule has 2 aromatic rings. The topological polar surface area (TPSA) is 53.8 Å². The lowest BCUT2D eigenvalue weighted by Crippen LogP contribution is -2.43. The van der Waals surface area contributed by atoms with E-state index in [1.807, 2.05) is 51.1 Å². The summed E-state index contributed by atoms with van der Waals surface area (Å²) >= 11 is 0. The van der Waals surface area contributed by atoms with Gasteiger partial charge in [-0.2, -0.15) is 0 Å². The van der Waals surface area contributed by atoms with Crippen LogP contribution in [0.1, 0.15) is 36.2 Å². The normalized spacial score (nSPS) is 18.2. The molecule has 3 rings (SSSR count). The lowest BCUT2D eigenvalue weighted by molar-refractivity contribution is -0.130. The van der Waals surface area contributed by atoms with Crippen molar-refractivity contribution in [3.05, 3.63) is 52.4 Å². The Morgan fingerprint density at radius 2 is 2.04 bits per heavy atom. The minimum absolute atomic E-state index is 0.0163. The summed E-state index contributed by atoms with van der Waals surface area (Å²) in [7, 11) is 0. The standard InChI is InChI=1S/C20H20FN3O2.C2H6/c1-13-6-7-17-14(8-13)4-3-5-18(17)20(26)23-11-19(25)24-12-15(21)9-16(24)10-22-2;1-2/h2-8,15-16H,9-12H2,1H3;1-2H3/p+1. The van der Waals surface area contributed by atoms with Gasteiger partial charge in [-0.1, -0.05) is 54.6 Å². The Morgan fingerprint density at radius 3 is 2.75 bits per heavy atom. The maximum atomic E-state index is 13.6. The maximum Gasteiger partial charge on any atom is 0.283 e. The van der Waals surface area contributed by atoms with Crippen molar-refractivity contribution in [3.8, 4) is 6.57 Å². The first-order chi connectivity index (χ1) is 13.5. The highest BCUT2D eigenvalue weighted by Crippen LogP contribution is 2.22. The summed E-state index contributed by atoms with van der Waals surface area (Å²) in [6, 6.07) is 11.0. The first-order valence-corrected chi connectivity index (χ1v) is 9.57. The van der Waals surface area contributed by atoms with E-state index in [2.05, 4.69) is 10.2 Å². The molecule has 2 unspecified atom stereocenters. The number of halogens is 1. The molecule has 0 radical (unpaired) electrons. The average molecular weight is 384 g/mol. The summed E-state index contributed by atoms with van der Waals surface area (Å²) in [5.41, 5.74) is 1.62. The fraction of sp³-hybridized carbons (Fsp3) is 0.409. The van der Waals surface area contributed by atoms with Crippen molar-refractivity contribution in [1.29, 1.82) is 0 Å². The molecule has 0 spiro atoms. The summed E-state index contributed by atoms with van der Waals surface area (Å²) in [6.07, 6.45) is -0.856. The number of amides is 2. The third kappa shape index (κ3) is 4.86. The molecular formula is C22H27FN3O2+. The predicted molar refractivity (Wildman–Crippen MR) is 111 cm³/mol. The first kappa shape index (κ1) is 21.4. The summed E-state index contributed by atoms with van der Waals surface area (Å²) in [5.74, 6) is -0.660. The maximum absolute atomic E-state index is 13.6. The number of hydrogen-bond donors (Lipinski definition) is 1. The van der Waals surface area contributed by atoms with Crippen molar-refractivity contribution in [1.82, 2.24) is 10.2 Å². The first-order valence-electron chi connectivity index (χ1n) is 9.57. The number of carbonyl (C=O) groups excluding carboxylic acids is 2. The van der Waals surface area contributed by atoms with Crippen molar-refractivity contribution in [3.63, 3.8) is 0 Å². The van der Waals surface area contributed by atoms with Crippen molar-refractivity contribution in [2.45, 2.75) is 39.4 Å². The lowest BCUT2D eigenvalue weighted by Gasteiger charge is -2.20. The highest BCUT2D eigenvalue weighted by Gasteiger charge is 2.37. The number of rotatable bonds is 4. The second-order valence-corrected chi connectivity index (χ2v) is 6.61. The molecule has 5 nitrogen and oxygen atoms in total. The van der Waals surface area contributed by atoms with Gasteiger partial charge in [0.25, 0.3) is 19.0 Å². The van der Waals surface area contributed by atoms with Crippen molar-refractivity contribution < 1.29 is 14.0 Å². The number of carbonyl (C=O) groups is 2. The number of nitrogens with one attached hydrogen (secondary N) is 1. The highest BCUT2D eigenvalue weighted by molar-refractivity contribution is 6.07. The van der Waals surface area contributed by atoms with Gasteiger partial charge in [0.05, 0.1) is 13.1 Å². The lowest BCUT2D eigenvalue weighted by atomic mass is 10.0. The second kappa shape index (κ2) is 9.84. The highest BCUT2D eigenvalue weighted by atomic mass is 19.1. The molecule has 1 fully saturated rings. The molecule has 0 aliphatic carbocycles. The van der Waals surface area contributed by atoms with Crippen LogP contribution in [-0.2, 0) is 4.79 Å². The van der Waals surface area contributed by atoms with Crippen LogP contribution in [-0.4, -0.2) is 48.6 Å². The molecular weight excluding hydrogens is 357 g/mol. The third-order valence-corrected chi connectivity index (χ3v) is 4.68. The van der Waals surface area contributed by atoms with Crippen LogP contribution in [0.4, 0.5) is 4.39 Å². The van der Waals surface area contributed by atoms with Gasteiger partial charge in [-0.3, -0.25) is 9.59 Å². The van der Waals surface area contributed by atoms with E-state index < -0.39 is 6.17 Å². The number of alkyl halides is 1. The Hall–Kier alpha value is -2.94. The molecule has 0 bridgehead atoms. The van der Waals surface area contributed by atoms with Crippen molar-refractivity contribution >= 4 is 22.6 Å². The minimum atomic E-state index is -1.08. The zero-order chi connectivity index (χ0) is 20.7. The van der Waals surface area contributed by atoms with Crippen LogP contribution >= 0.6 is 0 Å². The number of benzene rings is 2. The number of hydrogen-bond acceptors (Lipinski definition) is 2. The van der Waals surface area contributed by atoms with Crippen molar-refractivity contribution in [2.75, 3.05) is 19.6 Å². The van der Waals surface area contributed by atoms with Gasteiger partial charge in [-0.05, 0) is 23.8 Å². The summed E-state index contributed by atoms with van der Waals surface area (Å²) in [4.78, 5) is 29.9. The van der Waals surface area contributed by atoms with Crippen LogP contribution in [0.2, 0.25) is 0 Å². The molecule has 1 heterocycles. The van der Waals surface area contributed by atoms with Gasteiger partial charge >= 0.3 is 0 Å². The Bertz CT molecular complexity index is 891. The van der Waals surface area contributed by atoms with E-state index in [0.717, 1.165) is 16.3 Å². The Balaban J connectivity index is 0.00000136. The van der Waals surface area contributed by atoms with Crippen LogP contribution < -0.4 is 5.32 Å². The van der Waals surface area contributed by atoms with Crippen LogP contribution in [0, 0.1) is 13.5 Å². The van der Waals surface area contributed by atoms with Crippen LogP contribution in [0.25, 0.3) is 15.6 Å². The van der Waals surface area contributed by atoms with Crippen LogP contribution in [0.3, 0.4) is 0 Å². The zero-order valence-corrected chi connectivity index (χ0v) is 16.6. The van der Waals surface area contributed by atoms with Gasteiger partial charge in [-0.15, -0.1) is 0 Å². The van der Waals surface area contributed by atoms with E-state index in [4.69, 9.17) is 6.57 Å². The minimum Gasteiger partial charge on any atom is -0.343 e. The van der Waals surface area contributed by atoms with Gasteiger partial charge in [-0.25, -0.2) is 4.39 Å². The molecule has 0 aromatic heterocycles. The van der Waals surface area contributed by atoms with Crippen LogP contribution in [0.5, 0.6) is 0 Å². The molecule has 2 atom stereocenters. The quantitative estimate of drug-likeness (QED) is 0.872. The predicted octanol–water partition coefficient (Wildman–Crippen LogP) is 3.81. The smallest absolute Gasteiger partial charge is 0.283 e. The van der Waals surface area contributed by atoms with E-state index in [-0.39, 0.29) is 43.9 Å². The summed E-state index contributed by atoms with van der Waals surface area (Å²) in [5, 5.41) is 4.44. The fourth-order valence-electron chi connectivity index (χ4n) is 3.41. The SMILES string of the molecule is C#[N+]CC1CC(F)CN1C(=O)CNC(=O)c1cccc2cc(C)ccc12.CC. The van der Waals surface area contributed by atoms with Gasteiger partial charge in [0.1, 0.15) is 12.2 Å². The van der Waals surface area contributed by atoms with E-state index in [0.29, 0.717) is 5.56 Å². The molecule has 1 aliphatic rings. The number of fused-ring (bicyclic) bond motifs is 1. The van der Waals surface area contributed by atoms with Crippen molar-refractivity contribution in [2.24, 2.45) is 0 Å². The molecule has 28 heavy (non-hydrogen) atoms. The van der Waals surface area contributed by atoms with Gasteiger partial charge < -0.3 is 10.2 Å². The second-order valence-electron chi connectivity index (χ2n) is 6.61. The number of aryl methyl sites for hydroxylation is 1. The van der Waals surface area contributed by atoms with Gasteiger partial charge in [0.15, 0.2) is 0 Å². The van der Waals surface area contributed by atoms with E-state index >= 15 is 0 Å². The van der Waals surface area contributed by atoms with Gasteiger partial charge in [0, 0.05) is 12.0 Å². The molecule has 1 aliphatic heterocycles. The Labute approximate surface area is 165 Å². The van der Waals surface area contributed by atoms with Gasteiger partial charge in [0.2, 0.25) is 5.91 Å².